The van der Waals surface area contributed by atoms with E-state index in [4.69, 9.17) is 0 Å². The average molecular weight is 308 g/mol. The van der Waals surface area contributed by atoms with Crippen LogP contribution in [-0.2, 0) is 5.33 Å². The zero-order valence-corrected chi connectivity index (χ0v) is 12.5. The lowest BCUT2D eigenvalue weighted by atomic mass is 9.95. The second-order valence-electron chi connectivity index (χ2n) is 5.75. The van der Waals surface area contributed by atoms with E-state index >= 15 is 0 Å². The summed E-state index contributed by atoms with van der Waals surface area (Å²) in [5.74, 6) is 0.961. The Morgan fingerprint density at radius 2 is 1.72 bits per heavy atom. The molecule has 3 rings (SSSR count). The zero-order chi connectivity index (χ0) is 12.4. The van der Waals surface area contributed by atoms with E-state index in [0.717, 1.165) is 17.3 Å². The summed E-state index contributed by atoms with van der Waals surface area (Å²) in [4.78, 5) is 2.67. The Morgan fingerprint density at radius 1 is 1.00 bits per heavy atom. The van der Waals surface area contributed by atoms with Crippen LogP contribution in [0.4, 0.5) is 5.69 Å². The van der Waals surface area contributed by atoms with Crippen molar-refractivity contribution >= 4 is 21.6 Å². The summed E-state index contributed by atoms with van der Waals surface area (Å²) in [5.41, 5.74) is 2.81. The van der Waals surface area contributed by atoms with Crippen molar-refractivity contribution < 1.29 is 0 Å². The van der Waals surface area contributed by atoms with Crippen LogP contribution >= 0.6 is 15.9 Å². The van der Waals surface area contributed by atoms with Crippen LogP contribution in [0.2, 0.25) is 0 Å². The quantitative estimate of drug-likeness (QED) is 0.729. The monoisotopic (exact) mass is 307 g/mol. The number of hydrogen-bond acceptors (Lipinski definition) is 1. The number of halogens is 1. The van der Waals surface area contributed by atoms with Crippen LogP contribution < -0.4 is 4.90 Å². The number of nitrogens with zero attached hydrogens (tertiary/aromatic N) is 1. The van der Waals surface area contributed by atoms with Gasteiger partial charge in [-0.2, -0.15) is 0 Å². The Balaban J connectivity index is 1.76. The first-order chi connectivity index (χ1) is 8.88. The lowest BCUT2D eigenvalue weighted by Crippen LogP contribution is -2.34. The van der Waals surface area contributed by atoms with E-state index in [1.165, 1.54) is 56.3 Å². The minimum atomic E-state index is 0.822. The van der Waals surface area contributed by atoms with Gasteiger partial charge in [0.2, 0.25) is 0 Å². The van der Waals surface area contributed by atoms with E-state index in [9.17, 15) is 0 Å². The fourth-order valence-corrected chi connectivity index (χ4v) is 4.10. The molecule has 2 heteroatoms. The van der Waals surface area contributed by atoms with E-state index in [1.54, 1.807) is 0 Å². The standard InChI is InChI=1S/C16H22BrN/c17-12-13-7-9-15(10-8-13)18-11-3-6-16(18)14-4-1-2-5-14/h7-10,14,16H,1-6,11-12H2. The number of benzene rings is 1. The molecule has 1 aromatic rings. The molecular formula is C16H22BrN. The molecule has 18 heavy (non-hydrogen) atoms. The molecule has 1 aromatic carbocycles. The van der Waals surface area contributed by atoms with Gasteiger partial charge in [0, 0.05) is 23.6 Å². The van der Waals surface area contributed by atoms with Crippen molar-refractivity contribution in [1.82, 2.24) is 0 Å². The van der Waals surface area contributed by atoms with Gasteiger partial charge in [-0.05, 0) is 49.3 Å². The largest absolute Gasteiger partial charge is 0.368 e. The molecule has 0 amide bonds. The molecule has 98 valence electrons. The third-order valence-electron chi connectivity index (χ3n) is 4.67. The SMILES string of the molecule is BrCc1ccc(N2CCCC2C2CCCC2)cc1. The van der Waals surface area contributed by atoms with E-state index < -0.39 is 0 Å². The summed E-state index contributed by atoms with van der Waals surface area (Å²) in [7, 11) is 0. The Labute approximate surface area is 119 Å². The van der Waals surface area contributed by atoms with Crippen LogP contribution in [0.1, 0.15) is 44.1 Å². The van der Waals surface area contributed by atoms with Crippen molar-refractivity contribution in [1.29, 1.82) is 0 Å². The van der Waals surface area contributed by atoms with E-state index in [0.29, 0.717) is 0 Å². The minimum absolute atomic E-state index is 0.822. The van der Waals surface area contributed by atoms with Crippen LogP contribution in [0.15, 0.2) is 24.3 Å². The van der Waals surface area contributed by atoms with Gasteiger partial charge in [-0.15, -0.1) is 0 Å². The molecule has 2 fully saturated rings. The Morgan fingerprint density at radius 3 is 2.39 bits per heavy atom. The molecule has 2 aliphatic rings. The Hall–Kier alpha value is -0.500. The van der Waals surface area contributed by atoms with E-state index in [-0.39, 0.29) is 0 Å². The molecule has 1 saturated heterocycles. The molecule has 1 atom stereocenters. The number of rotatable bonds is 3. The predicted molar refractivity (Wildman–Crippen MR) is 81.4 cm³/mol. The summed E-state index contributed by atoms with van der Waals surface area (Å²) in [6.07, 6.45) is 8.61. The third-order valence-corrected chi connectivity index (χ3v) is 5.31. The first-order valence-electron chi connectivity index (χ1n) is 7.30. The number of anilines is 1. The lowest BCUT2D eigenvalue weighted by Gasteiger charge is -2.31. The highest BCUT2D eigenvalue weighted by Gasteiger charge is 2.33. The number of hydrogen-bond donors (Lipinski definition) is 0. The van der Waals surface area contributed by atoms with Crippen LogP contribution in [0.25, 0.3) is 0 Å². The first kappa shape index (κ1) is 12.5. The van der Waals surface area contributed by atoms with Crippen molar-refractivity contribution in [2.45, 2.75) is 49.9 Å². The molecule has 0 N–H and O–H groups in total. The fourth-order valence-electron chi connectivity index (χ4n) is 3.72. The zero-order valence-electron chi connectivity index (χ0n) is 10.9. The summed E-state index contributed by atoms with van der Waals surface area (Å²) in [6, 6.07) is 9.96. The van der Waals surface area contributed by atoms with Crippen LogP contribution in [-0.4, -0.2) is 12.6 Å². The molecule has 0 aromatic heterocycles. The Kier molecular flexibility index (Phi) is 3.93. The van der Waals surface area contributed by atoms with Crippen molar-refractivity contribution in [3.8, 4) is 0 Å². The van der Waals surface area contributed by atoms with Gasteiger partial charge < -0.3 is 4.90 Å². The molecule has 1 heterocycles. The summed E-state index contributed by atoms with van der Waals surface area (Å²) in [6.45, 7) is 1.26. The Bertz CT molecular complexity index is 381. The molecule has 1 unspecified atom stereocenters. The fraction of sp³-hybridized carbons (Fsp3) is 0.625. The molecule has 0 spiro atoms. The third kappa shape index (κ3) is 2.45. The number of alkyl halides is 1. The molecular weight excluding hydrogens is 286 g/mol. The van der Waals surface area contributed by atoms with Gasteiger partial charge in [0.05, 0.1) is 0 Å². The minimum Gasteiger partial charge on any atom is -0.368 e. The molecule has 1 aliphatic heterocycles. The predicted octanol–water partition coefficient (Wildman–Crippen LogP) is 4.74. The highest BCUT2D eigenvalue weighted by molar-refractivity contribution is 9.08. The van der Waals surface area contributed by atoms with Crippen LogP contribution in [0.3, 0.4) is 0 Å². The summed E-state index contributed by atoms with van der Waals surface area (Å²) >= 11 is 3.52. The first-order valence-corrected chi connectivity index (χ1v) is 8.42. The van der Waals surface area contributed by atoms with Crippen molar-refractivity contribution in [2.75, 3.05) is 11.4 Å². The second kappa shape index (κ2) is 5.64. The van der Waals surface area contributed by atoms with Crippen molar-refractivity contribution in [2.24, 2.45) is 5.92 Å². The molecule has 0 bridgehead atoms. The van der Waals surface area contributed by atoms with Crippen LogP contribution in [0, 0.1) is 5.92 Å². The topological polar surface area (TPSA) is 3.24 Å². The lowest BCUT2D eigenvalue weighted by molar-refractivity contribution is 0.431. The summed E-state index contributed by atoms with van der Waals surface area (Å²) < 4.78 is 0. The van der Waals surface area contributed by atoms with E-state index in [1.807, 2.05) is 0 Å². The van der Waals surface area contributed by atoms with Gasteiger partial charge in [-0.3, -0.25) is 0 Å². The van der Waals surface area contributed by atoms with Gasteiger partial charge in [-0.25, -0.2) is 0 Å². The smallest absolute Gasteiger partial charge is 0.0368 e. The summed E-state index contributed by atoms with van der Waals surface area (Å²) in [5, 5.41) is 0.958. The van der Waals surface area contributed by atoms with Gasteiger partial charge in [0.25, 0.3) is 0 Å². The molecule has 1 saturated carbocycles. The highest BCUT2D eigenvalue weighted by atomic mass is 79.9. The van der Waals surface area contributed by atoms with Gasteiger partial charge in [0.1, 0.15) is 0 Å². The molecule has 0 radical (unpaired) electrons. The molecule has 1 nitrogen and oxygen atoms in total. The highest BCUT2D eigenvalue weighted by Crippen LogP contribution is 2.37. The maximum absolute atomic E-state index is 3.52. The van der Waals surface area contributed by atoms with Crippen molar-refractivity contribution in [3.63, 3.8) is 0 Å². The van der Waals surface area contributed by atoms with Gasteiger partial charge >= 0.3 is 0 Å². The maximum atomic E-state index is 3.52. The normalized spacial score (nSPS) is 24.9. The van der Waals surface area contributed by atoms with Crippen molar-refractivity contribution in [3.05, 3.63) is 29.8 Å². The average Bonchev–Trinajstić information content (AvgIpc) is 3.09. The van der Waals surface area contributed by atoms with E-state index in [2.05, 4.69) is 45.1 Å². The second-order valence-corrected chi connectivity index (χ2v) is 6.31. The molecule has 1 aliphatic carbocycles. The maximum Gasteiger partial charge on any atom is 0.0368 e. The van der Waals surface area contributed by atoms with Crippen LogP contribution in [0.5, 0.6) is 0 Å². The van der Waals surface area contributed by atoms with Gasteiger partial charge in [0.15, 0.2) is 0 Å². The van der Waals surface area contributed by atoms with Gasteiger partial charge in [-0.1, -0.05) is 40.9 Å².